The molecule has 32 heavy (non-hydrogen) atoms. The van der Waals surface area contributed by atoms with Gasteiger partial charge in [0.05, 0.1) is 5.41 Å². The summed E-state index contributed by atoms with van der Waals surface area (Å²) in [6.07, 6.45) is 3.23. The molecule has 0 spiro atoms. The zero-order valence-electron chi connectivity index (χ0n) is 18.7. The van der Waals surface area contributed by atoms with Crippen LogP contribution in [-0.4, -0.2) is 53.8 Å². The summed E-state index contributed by atoms with van der Waals surface area (Å²) in [5.74, 6) is 0.197. The van der Waals surface area contributed by atoms with E-state index in [1.54, 1.807) is 6.92 Å². The molecule has 0 aromatic heterocycles. The zero-order chi connectivity index (χ0) is 22.6. The first-order valence-electron chi connectivity index (χ1n) is 11.5. The van der Waals surface area contributed by atoms with Crippen LogP contribution in [0.15, 0.2) is 54.6 Å². The molecular formula is C26H32ClN3O2. The third-order valence-electron chi connectivity index (χ3n) is 7.07. The van der Waals surface area contributed by atoms with Gasteiger partial charge in [0.1, 0.15) is 0 Å². The fourth-order valence-electron chi connectivity index (χ4n) is 5.01. The van der Waals surface area contributed by atoms with Crippen molar-refractivity contribution in [3.05, 3.63) is 70.7 Å². The Hall–Kier alpha value is -2.37. The molecule has 0 aliphatic carbocycles. The van der Waals surface area contributed by atoms with Gasteiger partial charge in [-0.05, 0) is 48.9 Å². The van der Waals surface area contributed by atoms with Crippen LogP contribution < -0.4 is 5.32 Å². The Labute approximate surface area is 195 Å². The predicted molar refractivity (Wildman–Crippen MR) is 128 cm³/mol. The maximum Gasteiger partial charge on any atom is 0.231 e. The molecule has 2 heterocycles. The maximum atomic E-state index is 13.6. The fraction of sp³-hybridized carbons (Fsp3) is 0.462. The van der Waals surface area contributed by atoms with Gasteiger partial charge >= 0.3 is 0 Å². The van der Waals surface area contributed by atoms with Crippen LogP contribution in [0.1, 0.15) is 43.7 Å². The lowest BCUT2D eigenvalue weighted by Gasteiger charge is -2.42. The molecule has 2 saturated heterocycles. The number of hydrogen-bond acceptors (Lipinski definition) is 3. The second kappa shape index (κ2) is 10.1. The summed E-state index contributed by atoms with van der Waals surface area (Å²) in [7, 11) is 0. The van der Waals surface area contributed by atoms with Crippen molar-refractivity contribution in [1.82, 2.24) is 15.1 Å². The standard InChI is InChI=1S/C26H32ClN3O2/c1-20(31)30-17-13-26(14-18-30,22-5-3-2-4-6-22)25(32)28-24-11-15-29(16-12-24)19-21-7-9-23(27)10-8-21/h2-10,24H,11-19H2,1H3,(H,28,32). The van der Waals surface area contributed by atoms with Crippen LogP contribution >= 0.6 is 11.6 Å². The lowest BCUT2D eigenvalue weighted by molar-refractivity contribution is -0.136. The molecule has 6 heteroatoms. The summed E-state index contributed by atoms with van der Waals surface area (Å²) in [4.78, 5) is 29.7. The fourth-order valence-corrected chi connectivity index (χ4v) is 5.14. The van der Waals surface area contributed by atoms with Crippen LogP contribution in [0.3, 0.4) is 0 Å². The van der Waals surface area contributed by atoms with E-state index in [9.17, 15) is 9.59 Å². The lowest BCUT2D eigenvalue weighted by atomic mass is 9.71. The Kier molecular flexibility index (Phi) is 7.17. The molecule has 2 fully saturated rings. The topological polar surface area (TPSA) is 52.7 Å². The van der Waals surface area contributed by atoms with Gasteiger partial charge in [-0.25, -0.2) is 0 Å². The van der Waals surface area contributed by atoms with Crippen LogP contribution in [0.4, 0.5) is 0 Å². The zero-order valence-corrected chi connectivity index (χ0v) is 19.5. The minimum atomic E-state index is -0.562. The summed E-state index contributed by atoms with van der Waals surface area (Å²) < 4.78 is 0. The van der Waals surface area contributed by atoms with Crippen molar-refractivity contribution < 1.29 is 9.59 Å². The van der Waals surface area contributed by atoms with Crippen LogP contribution in [-0.2, 0) is 21.5 Å². The molecule has 0 bridgehead atoms. The Morgan fingerprint density at radius 2 is 1.59 bits per heavy atom. The number of halogens is 1. The lowest BCUT2D eigenvalue weighted by Crippen LogP contribution is -2.55. The molecule has 0 saturated carbocycles. The molecule has 0 atom stereocenters. The number of likely N-dealkylation sites (tertiary alicyclic amines) is 2. The summed E-state index contributed by atoms with van der Waals surface area (Å²) in [6.45, 7) is 5.68. The number of carbonyl (C=O) groups excluding carboxylic acids is 2. The Morgan fingerprint density at radius 3 is 2.19 bits per heavy atom. The van der Waals surface area contributed by atoms with Gasteiger partial charge in [-0.1, -0.05) is 54.1 Å². The van der Waals surface area contributed by atoms with Crippen molar-refractivity contribution in [3.63, 3.8) is 0 Å². The van der Waals surface area contributed by atoms with Crippen molar-refractivity contribution in [2.24, 2.45) is 0 Å². The van der Waals surface area contributed by atoms with Gasteiger partial charge in [-0.3, -0.25) is 14.5 Å². The van der Waals surface area contributed by atoms with Gasteiger partial charge in [0, 0.05) is 50.7 Å². The van der Waals surface area contributed by atoms with Crippen LogP contribution in [0.2, 0.25) is 5.02 Å². The quantitative estimate of drug-likeness (QED) is 0.744. The van der Waals surface area contributed by atoms with Crippen molar-refractivity contribution in [1.29, 1.82) is 0 Å². The van der Waals surface area contributed by atoms with Gasteiger partial charge in [0.2, 0.25) is 11.8 Å². The monoisotopic (exact) mass is 453 g/mol. The number of nitrogens with one attached hydrogen (secondary N) is 1. The number of hydrogen-bond donors (Lipinski definition) is 1. The smallest absolute Gasteiger partial charge is 0.231 e. The highest BCUT2D eigenvalue weighted by molar-refractivity contribution is 6.30. The second-order valence-electron chi connectivity index (χ2n) is 9.10. The second-order valence-corrected chi connectivity index (χ2v) is 9.54. The molecule has 2 aliphatic heterocycles. The molecule has 0 unspecified atom stereocenters. The van der Waals surface area contributed by atoms with Gasteiger partial charge in [-0.2, -0.15) is 0 Å². The number of piperidine rings is 2. The Bertz CT molecular complexity index is 916. The molecule has 170 valence electrons. The molecule has 2 aliphatic rings. The SMILES string of the molecule is CC(=O)N1CCC(C(=O)NC2CCN(Cc3ccc(Cl)cc3)CC2)(c2ccccc2)CC1. The Balaban J connectivity index is 1.38. The summed E-state index contributed by atoms with van der Waals surface area (Å²) in [6, 6.07) is 18.3. The first kappa shape index (κ1) is 22.8. The number of amides is 2. The van der Waals surface area contributed by atoms with Gasteiger partial charge in [0.25, 0.3) is 0 Å². The highest BCUT2D eigenvalue weighted by Gasteiger charge is 2.44. The number of carbonyl (C=O) groups is 2. The van der Waals surface area contributed by atoms with Gasteiger partial charge in [0.15, 0.2) is 0 Å². The molecule has 2 aromatic rings. The van der Waals surface area contributed by atoms with Crippen molar-refractivity contribution in [3.8, 4) is 0 Å². The maximum absolute atomic E-state index is 13.6. The van der Waals surface area contributed by atoms with Gasteiger partial charge < -0.3 is 10.2 Å². The first-order chi connectivity index (χ1) is 15.5. The minimum absolute atomic E-state index is 0.0835. The molecule has 2 aromatic carbocycles. The van der Waals surface area contributed by atoms with Crippen molar-refractivity contribution >= 4 is 23.4 Å². The van der Waals surface area contributed by atoms with E-state index >= 15 is 0 Å². The number of nitrogens with zero attached hydrogens (tertiary/aromatic N) is 2. The van der Waals surface area contributed by atoms with Crippen molar-refractivity contribution in [2.75, 3.05) is 26.2 Å². The van der Waals surface area contributed by atoms with Gasteiger partial charge in [-0.15, -0.1) is 0 Å². The van der Waals surface area contributed by atoms with Crippen LogP contribution in [0, 0.1) is 0 Å². The highest BCUT2D eigenvalue weighted by Crippen LogP contribution is 2.36. The molecule has 4 rings (SSSR count). The summed E-state index contributed by atoms with van der Waals surface area (Å²) >= 11 is 5.99. The van der Waals surface area contributed by atoms with E-state index in [0.29, 0.717) is 25.9 Å². The van der Waals surface area contributed by atoms with E-state index in [-0.39, 0.29) is 17.9 Å². The number of benzene rings is 2. The molecular weight excluding hydrogens is 422 g/mol. The summed E-state index contributed by atoms with van der Waals surface area (Å²) in [5.41, 5.74) is 1.76. The normalized spacial score (nSPS) is 19.5. The third-order valence-corrected chi connectivity index (χ3v) is 7.32. The van der Waals surface area contributed by atoms with E-state index in [2.05, 4.69) is 34.5 Å². The number of rotatable bonds is 5. The molecule has 2 amide bonds. The molecule has 0 radical (unpaired) electrons. The first-order valence-corrected chi connectivity index (χ1v) is 11.9. The van der Waals surface area contributed by atoms with E-state index in [0.717, 1.165) is 43.1 Å². The van der Waals surface area contributed by atoms with Crippen molar-refractivity contribution in [2.45, 2.75) is 50.6 Å². The minimum Gasteiger partial charge on any atom is -0.352 e. The van der Waals surface area contributed by atoms with Crippen LogP contribution in [0.5, 0.6) is 0 Å². The Morgan fingerprint density at radius 1 is 0.969 bits per heavy atom. The van der Waals surface area contributed by atoms with Crippen LogP contribution in [0.25, 0.3) is 0 Å². The van der Waals surface area contributed by atoms with E-state index in [4.69, 9.17) is 11.6 Å². The van der Waals surface area contributed by atoms with E-state index in [1.807, 2.05) is 35.2 Å². The average molecular weight is 454 g/mol. The predicted octanol–water partition coefficient (Wildman–Crippen LogP) is 4.00. The molecule has 5 nitrogen and oxygen atoms in total. The van der Waals surface area contributed by atoms with E-state index < -0.39 is 5.41 Å². The summed E-state index contributed by atoms with van der Waals surface area (Å²) in [5, 5.41) is 4.14. The third kappa shape index (κ3) is 5.16. The largest absolute Gasteiger partial charge is 0.352 e. The van der Waals surface area contributed by atoms with E-state index in [1.165, 1.54) is 5.56 Å². The molecule has 1 N–H and O–H groups in total. The highest BCUT2D eigenvalue weighted by atomic mass is 35.5. The average Bonchev–Trinajstić information content (AvgIpc) is 2.82.